The number of nitrogens with one attached hydrogen (secondary N) is 1. The molecule has 1 nitrogen and oxygen atoms in total. The van der Waals surface area contributed by atoms with Crippen molar-refractivity contribution in [3.05, 3.63) is 65.9 Å². The molecule has 2 aromatic carbocycles. The van der Waals surface area contributed by atoms with Crippen molar-refractivity contribution < 1.29 is 0 Å². The number of anilines is 1. The highest BCUT2D eigenvalue weighted by atomic mass is 14.9. The first-order valence-corrected chi connectivity index (χ1v) is 7.31. The van der Waals surface area contributed by atoms with E-state index in [0.717, 1.165) is 18.5 Å². The summed E-state index contributed by atoms with van der Waals surface area (Å²) in [7, 11) is 0. The Morgan fingerprint density at radius 1 is 1.00 bits per heavy atom. The van der Waals surface area contributed by atoms with E-state index in [-0.39, 0.29) is 0 Å². The molecule has 20 heavy (non-hydrogen) atoms. The van der Waals surface area contributed by atoms with Crippen molar-refractivity contribution >= 4 is 5.69 Å². The quantitative estimate of drug-likeness (QED) is 0.770. The molecule has 0 unspecified atom stereocenters. The van der Waals surface area contributed by atoms with E-state index in [9.17, 15) is 0 Å². The predicted octanol–water partition coefficient (Wildman–Crippen LogP) is 5.35. The fourth-order valence-corrected chi connectivity index (χ4v) is 2.72. The third kappa shape index (κ3) is 2.49. The van der Waals surface area contributed by atoms with Gasteiger partial charge in [0.25, 0.3) is 0 Å². The van der Waals surface area contributed by atoms with Crippen molar-refractivity contribution in [3.63, 3.8) is 0 Å². The largest absolute Gasteiger partial charge is 0.359 e. The van der Waals surface area contributed by atoms with E-state index < -0.39 is 0 Å². The molecule has 1 N–H and O–H groups in total. The molecule has 0 aromatic heterocycles. The number of fused-ring (bicyclic) bond motifs is 1. The van der Waals surface area contributed by atoms with Gasteiger partial charge in [0.2, 0.25) is 0 Å². The Hall–Kier alpha value is -2.02. The van der Waals surface area contributed by atoms with E-state index in [4.69, 9.17) is 0 Å². The zero-order chi connectivity index (χ0) is 14.1. The Balaban J connectivity index is 1.99. The van der Waals surface area contributed by atoms with Gasteiger partial charge in [-0.15, -0.1) is 0 Å². The van der Waals surface area contributed by atoms with E-state index in [0.29, 0.717) is 5.92 Å². The molecule has 1 heteroatoms. The molecule has 0 saturated heterocycles. The summed E-state index contributed by atoms with van der Waals surface area (Å²) in [6.07, 6.45) is 2.11. The van der Waals surface area contributed by atoms with Gasteiger partial charge in [0.05, 0.1) is 0 Å². The second-order valence-electron chi connectivity index (χ2n) is 5.88. The molecule has 102 valence electrons. The Morgan fingerprint density at radius 3 is 2.60 bits per heavy atom. The Morgan fingerprint density at radius 2 is 1.80 bits per heavy atom. The molecule has 2 aromatic rings. The maximum absolute atomic E-state index is 4.01. The molecular weight excluding hydrogens is 242 g/mol. The van der Waals surface area contributed by atoms with Gasteiger partial charge in [-0.25, -0.2) is 0 Å². The van der Waals surface area contributed by atoms with Crippen LogP contribution in [0, 0.1) is 0 Å². The van der Waals surface area contributed by atoms with Gasteiger partial charge in [-0.05, 0) is 53.1 Å². The van der Waals surface area contributed by atoms with Gasteiger partial charge in [-0.2, -0.15) is 0 Å². The summed E-state index contributed by atoms with van der Waals surface area (Å²) >= 11 is 0. The smallest absolute Gasteiger partial charge is 0.0414 e. The fraction of sp³-hybridized carbons (Fsp3) is 0.263. The first-order chi connectivity index (χ1) is 9.63. The van der Waals surface area contributed by atoms with Crippen LogP contribution < -0.4 is 5.32 Å². The molecule has 1 heterocycles. The van der Waals surface area contributed by atoms with Crippen LogP contribution in [0.3, 0.4) is 0 Å². The number of hydrogen-bond donors (Lipinski definition) is 1. The van der Waals surface area contributed by atoms with Crippen molar-refractivity contribution in [1.29, 1.82) is 0 Å². The lowest BCUT2D eigenvalue weighted by atomic mass is 9.94. The highest BCUT2D eigenvalue weighted by Gasteiger charge is 2.12. The highest BCUT2D eigenvalue weighted by Crippen LogP contribution is 2.31. The molecule has 0 spiro atoms. The van der Waals surface area contributed by atoms with Crippen LogP contribution in [0.2, 0.25) is 0 Å². The maximum atomic E-state index is 4.01. The lowest BCUT2D eigenvalue weighted by Crippen LogP contribution is -2.08. The summed E-state index contributed by atoms with van der Waals surface area (Å²) in [5.41, 5.74) is 7.73. The van der Waals surface area contributed by atoms with E-state index >= 15 is 0 Å². The summed E-state index contributed by atoms with van der Waals surface area (Å²) in [5.74, 6) is 0.567. The van der Waals surface area contributed by atoms with Crippen LogP contribution in [0.15, 0.2) is 54.7 Å². The SMILES string of the molecule is C=C1CCc2cc(-c3cccc(C(C)C)c3)ccc2N1. The van der Waals surface area contributed by atoms with Crippen LogP contribution in [0.25, 0.3) is 11.1 Å². The summed E-state index contributed by atoms with van der Waals surface area (Å²) < 4.78 is 0. The summed E-state index contributed by atoms with van der Waals surface area (Å²) in [6, 6.07) is 15.6. The average molecular weight is 263 g/mol. The topological polar surface area (TPSA) is 12.0 Å². The van der Waals surface area contributed by atoms with Crippen LogP contribution in [-0.2, 0) is 6.42 Å². The Kier molecular flexibility index (Phi) is 3.35. The second-order valence-corrected chi connectivity index (χ2v) is 5.88. The van der Waals surface area contributed by atoms with E-state index in [2.05, 4.69) is 68.2 Å². The number of benzene rings is 2. The lowest BCUT2D eigenvalue weighted by Gasteiger charge is -2.21. The highest BCUT2D eigenvalue weighted by molar-refractivity contribution is 5.70. The van der Waals surface area contributed by atoms with Gasteiger partial charge in [0, 0.05) is 11.4 Å². The minimum Gasteiger partial charge on any atom is -0.359 e. The Labute approximate surface area is 121 Å². The minimum atomic E-state index is 0.567. The molecule has 3 rings (SSSR count). The zero-order valence-corrected chi connectivity index (χ0v) is 12.2. The molecule has 0 amide bonds. The fourth-order valence-electron chi connectivity index (χ4n) is 2.72. The van der Waals surface area contributed by atoms with Crippen LogP contribution in [0.5, 0.6) is 0 Å². The van der Waals surface area contributed by atoms with Crippen LogP contribution in [-0.4, -0.2) is 0 Å². The zero-order valence-electron chi connectivity index (χ0n) is 12.2. The standard InChI is InChI=1S/C19H21N/c1-13(2)15-5-4-6-16(11-15)17-9-10-19-18(12-17)8-7-14(3)20-19/h4-6,9-13,20H,3,7-8H2,1-2H3. The summed E-state index contributed by atoms with van der Waals surface area (Å²) in [6.45, 7) is 8.49. The van der Waals surface area contributed by atoms with Crippen molar-refractivity contribution in [1.82, 2.24) is 0 Å². The number of hydrogen-bond acceptors (Lipinski definition) is 1. The molecule has 1 aliphatic heterocycles. The number of aryl methyl sites for hydroxylation is 1. The van der Waals surface area contributed by atoms with Crippen molar-refractivity contribution in [2.24, 2.45) is 0 Å². The molecule has 0 fully saturated rings. The van der Waals surface area contributed by atoms with Gasteiger partial charge < -0.3 is 5.32 Å². The molecule has 0 radical (unpaired) electrons. The molecule has 1 aliphatic rings. The minimum absolute atomic E-state index is 0.567. The number of allylic oxidation sites excluding steroid dienone is 1. The monoisotopic (exact) mass is 263 g/mol. The Bertz CT molecular complexity index is 653. The third-order valence-corrected chi connectivity index (χ3v) is 4.00. The first-order valence-electron chi connectivity index (χ1n) is 7.31. The van der Waals surface area contributed by atoms with Crippen LogP contribution >= 0.6 is 0 Å². The van der Waals surface area contributed by atoms with Crippen LogP contribution in [0.4, 0.5) is 5.69 Å². The second kappa shape index (κ2) is 5.16. The van der Waals surface area contributed by atoms with Gasteiger partial charge in [-0.3, -0.25) is 0 Å². The van der Waals surface area contributed by atoms with Crippen molar-refractivity contribution in [3.8, 4) is 11.1 Å². The first kappa shape index (κ1) is 13.0. The molecule has 0 aliphatic carbocycles. The number of rotatable bonds is 2. The van der Waals surface area contributed by atoms with E-state index in [1.54, 1.807) is 0 Å². The van der Waals surface area contributed by atoms with E-state index in [1.807, 2.05) is 0 Å². The van der Waals surface area contributed by atoms with Gasteiger partial charge >= 0.3 is 0 Å². The molecule has 0 atom stereocenters. The summed E-state index contributed by atoms with van der Waals surface area (Å²) in [5, 5.41) is 3.37. The van der Waals surface area contributed by atoms with Crippen LogP contribution in [0.1, 0.15) is 37.3 Å². The molecular formula is C19H21N. The van der Waals surface area contributed by atoms with Gasteiger partial charge in [0.1, 0.15) is 0 Å². The average Bonchev–Trinajstić information content (AvgIpc) is 2.47. The molecule has 0 saturated carbocycles. The molecule has 0 bridgehead atoms. The normalized spacial score (nSPS) is 14.1. The van der Waals surface area contributed by atoms with Gasteiger partial charge in [0.15, 0.2) is 0 Å². The predicted molar refractivity (Wildman–Crippen MR) is 87.1 cm³/mol. The van der Waals surface area contributed by atoms with E-state index in [1.165, 1.54) is 27.9 Å². The summed E-state index contributed by atoms with van der Waals surface area (Å²) in [4.78, 5) is 0. The van der Waals surface area contributed by atoms with Crippen molar-refractivity contribution in [2.75, 3.05) is 5.32 Å². The third-order valence-electron chi connectivity index (χ3n) is 4.00. The maximum Gasteiger partial charge on any atom is 0.0414 e. The van der Waals surface area contributed by atoms with Crippen molar-refractivity contribution in [2.45, 2.75) is 32.6 Å². The lowest BCUT2D eigenvalue weighted by molar-refractivity contribution is 0.867. The van der Waals surface area contributed by atoms with Gasteiger partial charge in [-0.1, -0.05) is 50.8 Å².